The van der Waals surface area contributed by atoms with E-state index in [0.29, 0.717) is 31.5 Å². The monoisotopic (exact) mass is 530 g/mol. The fourth-order valence-electron chi connectivity index (χ4n) is 6.69. The van der Waals surface area contributed by atoms with Gasteiger partial charge in [-0.1, -0.05) is 79.4 Å². The van der Waals surface area contributed by atoms with E-state index in [0.717, 1.165) is 38.3 Å². The lowest BCUT2D eigenvalue weighted by atomic mass is 9.43. The van der Waals surface area contributed by atoms with E-state index in [2.05, 4.69) is 84.9 Å². The van der Waals surface area contributed by atoms with Gasteiger partial charge in [-0.25, -0.2) is 0 Å². The molecule has 0 unspecified atom stereocenters. The molecule has 0 aromatic rings. The third kappa shape index (κ3) is 5.98. The molecule has 36 heavy (non-hydrogen) atoms. The van der Waals surface area contributed by atoms with Crippen molar-refractivity contribution in [3.05, 3.63) is 11.6 Å². The number of ether oxygens (including phenoxy) is 2. The summed E-state index contributed by atoms with van der Waals surface area (Å²) >= 11 is 0. The molecule has 5 heteroatoms. The first-order valence-corrected chi connectivity index (χ1v) is 21.1. The summed E-state index contributed by atoms with van der Waals surface area (Å²) in [7, 11) is -2.80. The Morgan fingerprint density at radius 3 is 2.39 bits per heavy atom. The number of hydrogen-bond acceptors (Lipinski definition) is 3. The molecule has 0 heterocycles. The molecule has 0 aromatic carbocycles. The van der Waals surface area contributed by atoms with Crippen molar-refractivity contribution >= 4 is 21.9 Å². The maximum Gasteiger partial charge on any atom is 0.146 e. The van der Waals surface area contributed by atoms with Gasteiger partial charge in [0.05, 0.1) is 17.4 Å². The Kier molecular flexibility index (Phi) is 8.69. The number of hydrogen-bond donors (Lipinski definition) is 0. The van der Waals surface area contributed by atoms with Crippen molar-refractivity contribution in [1.29, 1.82) is 0 Å². The van der Waals surface area contributed by atoms with Crippen molar-refractivity contribution in [2.75, 3.05) is 20.0 Å². The molecule has 2 fully saturated rings. The largest absolute Gasteiger partial charge is 0.356 e. The number of fused-ring (bicyclic) bond motifs is 3. The number of carbonyl (C=O) groups excluding carboxylic acids is 1. The summed E-state index contributed by atoms with van der Waals surface area (Å²) in [6.45, 7) is 25.1. The predicted octanol–water partition coefficient (Wildman–Crippen LogP) is 8.25. The molecule has 3 aliphatic rings. The van der Waals surface area contributed by atoms with Crippen molar-refractivity contribution in [1.82, 2.24) is 0 Å². The Hall–Kier alpha value is -0.676. The zero-order valence-electron chi connectivity index (χ0n) is 25.2. The highest BCUT2D eigenvalue weighted by Crippen LogP contribution is 2.65. The molecular weight excluding hydrogens is 477 g/mol. The van der Waals surface area contributed by atoms with Crippen LogP contribution in [0.1, 0.15) is 79.6 Å². The second kappa shape index (κ2) is 10.5. The van der Waals surface area contributed by atoms with Crippen LogP contribution in [0.15, 0.2) is 11.6 Å². The van der Waals surface area contributed by atoms with Crippen molar-refractivity contribution in [2.24, 2.45) is 22.2 Å². The van der Waals surface area contributed by atoms with Gasteiger partial charge in [0.1, 0.15) is 20.7 Å². The van der Waals surface area contributed by atoms with E-state index in [1.54, 1.807) is 5.57 Å². The van der Waals surface area contributed by atoms with Gasteiger partial charge in [0.2, 0.25) is 0 Å². The second-order valence-electron chi connectivity index (χ2n) is 15.3. The number of ketones is 1. The van der Waals surface area contributed by atoms with E-state index >= 15 is 0 Å². The smallest absolute Gasteiger partial charge is 0.146 e. The van der Waals surface area contributed by atoms with Gasteiger partial charge in [0, 0.05) is 21.1 Å². The highest BCUT2D eigenvalue weighted by molar-refractivity contribution is 6.87. The minimum Gasteiger partial charge on any atom is -0.356 e. The first-order valence-electron chi connectivity index (χ1n) is 14.4. The minimum atomic E-state index is -1.69. The summed E-state index contributed by atoms with van der Waals surface area (Å²) in [5, 5.41) is 0.264. The number of rotatable bonds is 7. The van der Waals surface area contributed by atoms with E-state index in [1.165, 1.54) is 12.8 Å². The fraction of sp³-hybridized carbons (Fsp3) is 0.839. The molecule has 0 radical (unpaired) electrons. The van der Waals surface area contributed by atoms with Gasteiger partial charge in [-0.15, -0.1) is 5.54 Å². The second-order valence-corrected chi connectivity index (χ2v) is 25.9. The van der Waals surface area contributed by atoms with Crippen LogP contribution in [-0.4, -0.2) is 41.9 Å². The standard InChI is InChI=1S/C31H54O3Si2/c1-28(2,3)36(9,10)21-19-31-16-12-11-13-26(31)29(4)17-15-27(32)30(5,25(29)14-18-31)23-34-24-33-20-22-35(6,7)8/h13,25H,11-12,14-18,20,22-24H2,1-10H3/t25-,29+,30+,31-/m1/s1. The number of allylic oxidation sites excluding steroid dienone is 2. The Labute approximate surface area is 224 Å². The molecule has 0 spiro atoms. The van der Waals surface area contributed by atoms with E-state index in [9.17, 15) is 4.79 Å². The summed E-state index contributed by atoms with van der Waals surface area (Å²) in [5.74, 6) is 4.65. The lowest BCUT2D eigenvalue weighted by Crippen LogP contribution is -2.57. The molecule has 0 N–H and O–H groups in total. The van der Waals surface area contributed by atoms with Crippen LogP contribution in [0.25, 0.3) is 0 Å². The molecule has 3 rings (SSSR count). The van der Waals surface area contributed by atoms with Crippen LogP contribution >= 0.6 is 0 Å². The SMILES string of the molecule is CC(C)(C)[Si](C)(C)C#C[C@]12CCCC=C1[C@@]1(C)CCC(=O)[C@@](C)(COCOCC[Si](C)(C)C)[C@@H]1CC2. The summed E-state index contributed by atoms with van der Waals surface area (Å²) in [6, 6.07) is 1.14. The summed E-state index contributed by atoms with van der Waals surface area (Å²) in [5.41, 5.74) is 5.04. The highest BCUT2D eigenvalue weighted by Gasteiger charge is 2.60. The summed E-state index contributed by atoms with van der Waals surface area (Å²) < 4.78 is 11.9. The Morgan fingerprint density at radius 2 is 1.75 bits per heavy atom. The first kappa shape index (κ1) is 29.9. The van der Waals surface area contributed by atoms with Crippen LogP contribution < -0.4 is 0 Å². The average molecular weight is 531 g/mol. The van der Waals surface area contributed by atoms with Crippen molar-refractivity contribution in [3.8, 4) is 11.5 Å². The van der Waals surface area contributed by atoms with E-state index in [-0.39, 0.29) is 15.9 Å². The average Bonchev–Trinajstić information content (AvgIpc) is 2.76. The molecule has 2 saturated carbocycles. The molecule has 0 bridgehead atoms. The lowest BCUT2D eigenvalue weighted by Gasteiger charge is -2.60. The number of Topliss-reactive ketones (excluding diaryl/α,β-unsaturated/α-hetero) is 1. The van der Waals surface area contributed by atoms with Gasteiger partial charge in [-0.05, 0) is 66.5 Å². The first-order chi connectivity index (χ1) is 16.5. The minimum absolute atomic E-state index is 0.00112. The predicted molar refractivity (Wildman–Crippen MR) is 157 cm³/mol. The molecule has 0 amide bonds. The zero-order valence-corrected chi connectivity index (χ0v) is 27.2. The van der Waals surface area contributed by atoms with E-state index < -0.39 is 21.6 Å². The van der Waals surface area contributed by atoms with Crippen molar-refractivity contribution < 1.29 is 14.3 Å². The van der Waals surface area contributed by atoms with Crippen LogP contribution in [0.5, 0.6) is 0 Å². The molecule has 4 atom stereocenters. The Morgan fingerprint density at radius 1 is 1.06 bits per heavy atom. The highest BCUT2D eigenvalue weighted by atomic mass is 28.3. The topological polar surface area (TPSA) is 35.5 Å². The van der Waals surface area contributed by atoms with Gasteiger partial charge < -0.3 is 9.47 Å². The fourth-order valence-corrected chi connectivity index (χ4v) is 8.37. The van der Waals surface area contributed by atoms with Gasteiger partial charge in [0.15, 0.2) is 0 Å². The zero-order chi connectivity index (χ0) is 27.0. The van der Waals surface area contributed by atoms with Crippen molar-refractivity contribution in [2.45, 2.75) is 123 Å². The summed E-state index contributed by atoms with van der Waals surface area (Å²) in [6.07, 6.45) is 9.82. The third-order valence-electron chi connectivity index (χ3n) is 10.2. The molecule has 0 aromatic heterocycles. The molecule has 0 aliphatic heterocycles. The van der Waals surface area contributed by atoms with Crippen LogP contribution in [0.2, 0.25) is 43.8 Å². The normalized spacial score (nSPS) is 33.2. The maximum atomic E-state index is 13.4. The molecular formula is C31H54O3Si2. The van der Waals surface area contributed by atoms with E-state index in [1.807, 2.05) is 0 Å². The Balaban J connectivity index is 1.82. The van der Waals surface area contributed by atoms with Crippen LogP contribution in [0.4, 0.5) is 0 Å². The molecule has 0 saturated heterocycles. The van der Waals surface area contributed by atoms with Gasteiger partial charge in [0.25, 0.3) is 0 Å². The summed E-state index contributed by atoms with van der Waals surface area (Å²) in [4.78, 5) is 13.4. The molecule has 3 aliphatic carbocycles. The van der Waals surface area contributed by atoms with Crippen LogP contribution in [0.3, 0.4) is 0 Å². The molecule has 3 nitrogen and oxygen atoms in total. The van der Waals surface area contributed by atoms with Gasteiger partial charge in [-0.3, -0.25) is 4.79 Å². The third-order valence-corrected chi connectivity index (χ3v) is 16.5. The quantitative estimate of drug-likeness (QED) is 0.109. The van der Waals surface area contributed by atoms with E-state index in [4.69, 9.17) is 9.47 Å². The van der Waals surface area contributed by atoms with Crippen molar-refractivity contribution in [3.63, 3.8) is 0 Å². The van der Waals surface area contributed by atoms with Gasteiger partial charge in [-0.2, -0.15) is 0 Å². The van der Waals surface area contributed by atoms with Gasteiger partial charge >= 0.3 is 0 Å². The molecule has 204 valence electrons. The van der Waals surface area contributed by atoms with Crippen LogP contribution in [-0.2, 0) is 14.3 Å². The number of carbonyl (C=O) groups is 1. The lowest BCUT2D eigenvalue weighted by molar-refractivity contribution is -0.157. The Bertz CT molecular complexity index is 913. The maximum absolute atomic E-state index is 13.4. The van der Waals surface area contributed by atoms with Crippen LogP contribution in [0, 0.1) is 33.6 Å².